The van der Waals surface area contributed by atoms with Gasteiger partial charge >= 0.3 is 0 Å². The smallest absolute Gasteiger partial charge is 0.253 e. The van der Waals surface area contributed by atoms with Crippen LogP contribution in [0.3, 0.4) is 0 Å². The first-order valence-corrected chi connectivity index (χ1v) is 8.38. The number of anilines is 1. The lowest BCUT2D eigenvalue weighted by Crippen LogP contribution is -2.68. The highest BCUT2D eigenvalue weighted by Crippen LogP contribution is 2.38. The molecule has 1 aliphatic carbocycles. The average Bonchev–Trinajstić information content (AvgIpc) is 3.40. The molecule has 4 rings (SSSR count). The van der Waals surface area contributed by atoms with Crippen molar-refractivity contribution in [2.75, 3.05) is 24.6 Å². The lowest BCUT2D eigenvalue weighted by Gasteiger charge is -2.52. The summed E-state index contributed by atoms with van der Waals surface area (Å²) in [5.74, 6) is 0.489. The number of benzene rings is 1. The zero-order valence-electron chi connectivity index (χ0n) is 13.4. The number of carbonyl (C=O) groups is 2. The molecule has 0 spiro atoms. The Morgan fingerprint density at radius 1 is 1.22 bits per heavy atom. The summed E-state index contributed by atoms with van der Waals surface area (Å²) in [5.41, 5.74) is 0.422. The van der Waals surface area contributed by atoms with Crippen LogP contribution < -0.4 is 4.90 Å². The summed E-state index contributed by atoms with van der Waals surface area (Å²) in [4.78, 5) is 28.6. The summed E-state index contributed by atoms with van der Waals surface area (Å²) >= 11 is 0. The number of morpholine rings is 1. The van der Waals surface area contributed by atoms with Crippen molar-refractivity contribution in [1.82, 2.24) is 4.90 Å². The van der Waals surface area contributed by atoms with Crippen LogP contribution in [0.25, 0.3) is 0 Å². The molecule has 0 aromatic heterocycles. The van der Waals surface area contributed by atoms with Gasteiger partial charge in [0.05, 0.1) is 12.6 Å². The maximum Gasteiger partial charge on any atom is 0.253 e. The van der Waals surface area contributed by atoms with Crippen LogP contribution in [-0.2, 0) is 14.3 Å². The van der Waals surface area contributed by atoms with E-state index in [0.717, 1.165) is 24.9 Å². The summed E-state index contributed by atoms with van der Waals surface area (Å²) in [5, 5.41) is 0. The molecule has 2 amide bonds. The molecular weight excluding hydrogens is 292 g/mol. The molecule has 122 valence electrons. The van der Waals surface area contributed by atoms with Crippen LogP contribution in [0.15, 0.2) is 30.3 Å². The average molecular weight is 314 g/mol. The minimum atomic E-state index is -0.494. The van der Waals surface area contributed by atoms with E-state index in [1.807, 2.05) is 47.1 Å². The molecule has 2 saturated heterocycles. The van der Waals surface area contributed by atoms with E-state index in [-0.39, 0.29) is 30.4 Å². The number of para-hydroxylation sites is 1. The molecular formula is C18H22N2O3. The quantitative estimate of drug-likeness (QED) is 0.837. The van der Waals surface area contributed by atoms with Crippen molar-refractivity contribution in [2.24, 2.45) is 5.92 Å². The molecule has 5 nitrogen and oxygen atoms in total. The van der Waals surface area contributed by atoms with Gasteiger partial charge in [0.25, 0.3) is 5.91 Å². The van der Waals surface area contributed by atoms with E-state index in [0.29, 0.717) is 13.1 Å². The predicted molar refractivity (Wildman–Crippen MR) is 86.0 cm³/mol. The molecule has 1 aromatic carbocycles. The molecule has 0 N–H and O–H groups in total. The SMILES string of the molecule is C[C@@]12CN(C(=O)C3CC3)CC[C@H]1N(c1ccccc1)C(=O)CO2. The molecule has 23 heavy (non-hydrogen) atoms. The third-order valence-corrected chi connectivity index (χ3v) is 5.26. The third-order valence-electron chi connectivity index (χ3n) is 5.26. The van der Waals surface area contributed by atoms with Crippen LogP contribution in [0.5, 0.6) is 0 Å². The van der Waals surface area contributed by atoms with Gasteiger partial charge in [-0.25, -0.2) is 0 Å². The highest BCUT2D eigenvalue weighted by molar-refractivity contribution is 5.96. The second-order valence-electron chi connectivity index (χ2n) is 7.04. The summed E-state index contributed by atoms with van der Waals surface area (Å²) < 4.78 is 5.93. The third kappa shape index (κ3) is 2.53. The van der Waals surface area contributed by atoms with Gasteiger partial charge in [0, 0.05) is 18.2 Å². The van der Waals surface area contributed by atoms with Gasteiger partial charge in [-0.2, -0.15) is 0 Å². The lowest BCUT2D eigenvalue weighted by atomic mass is 9.85. The molecule has 2 aliphatic heterocycles. The highest BCUT2D eigenvalue weighted by atomic mass is 16.5. The number of hydrogen-bond acceptors (Lipinski definition) is 3. The fourth-order valence-corrected chi connectivity index (χ4v) is 3.85. The van der Waals surface area contributed by atoms with E-state index in [1.54, 1.807) is 0 Å². The van der Waals surface area contributed by atoms with Crippen molar-refractivity contribution in [1.29, 1.82) is 0 Å². The Morgan fingerprint density at radius 2 is 1.96 bits per heavy atom. The summed E-state index contributed by atoms with van der Waals surface area (Å²) in [6.45, 7) is 3.39. The Bertz CT molecular complexity index is 628. The van der Waals surface area contributed by atoms with Gasteiger partial charge in [0.2, 0.25) is 5.91 Å². The van der Waals surface area contributed by atoms with Crippen LogP contribution in [0, 0.1) is 5.92 Å². The van der Waals surface area contributed by atoms with Crippen molar-refractivity contribution in [3.63, 3.8) is 0 Å². The summed E-state index contributed by atoms with van der Waals surface area (Å²) in [7, 11) is 0. The van der Waals surface area contributed by atoms with Crippen molar-refractivity contribution >= 4 is 17.5 Å². The van der Waals surface area contributed by atoms with E-state index < -0.39 is 5.60 Å². The molecule has 0 unspecified atom stereocenters. The van der Waals surface area contributed by atoms with E-state index >= 15 is 0 Å². The number of nitrogens with zero attached hydrogens (tertiary/aromatic N) is 2. The van der Waals surface area contributed by atoms with Gasteiger partial charge in [-0.3, -0.25) is 9.59 Å². The van der Waals surface area contributed by atoms with Crippen LogP contribution in [-0.4, -0.2) is 48.1 Å². The molecule has 1 saturated carbocycles. The molecule has 3 fully saturated rings. The van der Waals surface area contributed by atoms with E-state index in [4.69, 9.17) is 4.74 Å². The largest absolute Gasteiger partial charge is 0.361 e. The maximum atomic E-state index is 12.4. The number of hydrogen-bond donors (Lipinski definition) is 0. The Labute approximate surface area is 136 Å². The number of ether oxygens (including phenoxy) is 1. The second-order valence-corrected chi connectivity index (χ2v) is 7.04. The van der Waals surface area contributed by atoms with Gasteiger partial charge in [-0.15, -0.1) is 0 Å². The minimum Gasteiger partial charge on any atom is -0.361 e. The van der Waals surface area contributed by atoms with Gasteiger partial charge in [0.15, 0.2) is 0 Å². The Kier molecular flexibility index (Phi) is 3.41. The number of amides is 2. The standard InChI is InChI=1S/C18H22N2O3/c1-18-12-19(17(22)13-7-8-13)10-9-15(18)20(16(21)11-23-18)14-5-3-2-4-6-14/h2-6,13,15H,7-12H2,1H3/t15-,18-/m1/s1. The van der Waals surface area contributed by atoms with Crippen molar-refractivity contribution in [3.05, 3.63) is 30.3 Å². The zero-order valence-corrected chi connectivity index (χ0v) is 13.4. The number of piperidine rings is 1. The molecule has 2 heterocycles. The number of carbonyl (C=O) groups excluding carboxylic acids is 2. The molecule has 1 aromatic rings. The molecule has 2 atom stereocenters. The number of fused-ring (bicyclic) bond motifs is 1. The number of rotatable bonds is 2. The second kappa shape index (κ2) is 5.34. The van der Waals surface area contributed by atoms with Crippen molar-refractivity contribution in [3.8, 4) is 0 Å². The monoisotopic (exact) mass is 314 g/mol. The van der Waals surface area contributed by atoms with Gasteiger partial charge < -0.3 is 14.5 Å². The lowest BCUT2D eigenvalue weighted by molar-refractivity contribution is -0.158. The number of likely N-dealkylation sites (tertiary alicyclic amines) is 1. The molecule has 5 heteroatoms. The van der Waals surface area contributed by atoms with Crippen LogP contribution in [0.4, 0.5) is 5.69 Å². The first-order valence-electron chi connectivity index (χ1n) is 8.38. The fraction of sp³-hybridized carbons (Fsp3) is 0.556. The van der Waals surface area contributed by atoms with E-state index in [9.17, 15) is 9.59 Å². The Balaban J connectivity index is 1.60. The van der Waals surface area contributed by atoms with E-state index in [2.05, 4.69) is 0 Å². The normalized spacial score (nSPS) is 31.0. The van der Waals surface area contributed by atoms with Crippen molar-refractivity contribution in [2.45, 2.75) is 37.8 Å². The summed E-state index contributed by atoms with van der Waals surface area (Å²) in [6, 6.07) is 9.75. The van der Waals surface area contributed by atoms with Crippen LogP contribution >= 0.6 is 0 Å². The Morgan fingerprint density at radius 3 is 2.65 bits per heavy atom. The first-order chi connectivity index (χ1) is 11.1. The van der Waals surface area contributed by atoms with E-state index in [1.165, 1.54) is 0 Å². The fourth-order valence-electron chi connectivity index (χ4n) is 3.85. The molecule has 0 bridgehead atoms. The topological polar surface area (TPSA) is 49.9 Å². The molecule has 3 aliphatic rings. The predicted octanol–water partition coefficient (Wildman–Crippen LogP) is 1.82. The van der Waals surface area contributed by atoms with Crippen LogP contribution in [0.2, 0.25) is 0 Å². The van der Waals surface area contributed by atoms with Gasteiger partial charge in [-0.1, -0.05) is 18.2 Å². The highest BCUT2D eigenvalue weighted by Gasteiger charge is 2.51. The van der Waals surface area contributed by atoms with Gasteiger partial charge in [0.1, 0.15) is 12.2 Å². The maximum absolute atomic E-state index is 12.4. The Hall–Kier alpha value is -1.88. The van der Waals surface area contributed by atoms with Crippen LogP contribution in [0.1, 0.15) is 26.2 Å². The first kappa shape index (κ1) is 14.7. The summed E-state index contributed by atoms with van der Waals surface area (Å²) in [6.07, 6.45) is 2.80. The van der Waals surface area contributed by atoms with Gasteiger partial charge in [-0.05, 0) is 38.3 Å². The minimum absolute atomic E-state index is 0.000597. The van der Waals surface area contributed by atoms with Crippen molar-refractivity contribution < 1.29 is 14.3 Å². The zero-order chi connectivity index (χ0) is 16.0. The molecule has 0 radical (unpaired) electrons.